The van der Waals surface area contributed by atoms with Crippen molar-refractivity contribution in [3.8, 4) is 0 Å². The normalized spacial score (nSPS) is 22.1. The molecule has 0 spiro atoms. The molecule has 23 heavy (non-hydrogen) atoms. The SMILES string of the molecule is CN(CC1CCCCC1O)C(=O)CSc1nccn1C(C)(C)C. The van der Waals surface area contributed by atoms with E-state index >= 15 is 0 Å². The van der Waals surface area contributed by atoms with Crippen LogP contribution in [-0.4, -0.2) is 50.9 Å². The highest BCUT2D eigenvalue weighted by Gasteiger charge is 2.26. The Morgan fingerprint density at radius 3 is 2.78 bits per heavy atom. The molecule has 0 radical (unpaired) electrons. The summed E-state index contributed by atoms with van der Waals surface area (Å²) in [7, 11) is 1.83. The molecule has 1 N–H and O–H groups in total. The van der Waals surface area contributed by atoms with E-state index in [0.29, 0.717) is 12.3 Å². The minimum absolute atomic E-state index is 0.0417. The van der Waals surface area contributed by atoms with Gasteiger partial charge in [-0.1, -0.05) is 24.6 Å². The second kappa shape index (κ2) is 7.71. The van der Waals surface area contributed by atoms with Crippen molar-refractivity contribution in [3.63, 3.8) is 0 Å². The fourth-order valence-electron chi connectivity index (χ4n) is 3.00. The van der Waals surface area contributed by atoms with E-state index in [1.54, 1.807) is 11.1 Å². The zero-order valence-electron chi connectivity index (χ0n) is 14.7. The van der Waals surface area contributed by atoms with Crippen molar-refractivity contribution in [1.82, 2.24) is 14.5 Å². The molecule has 1 amide bonds. The molecule has 2 atom stereocenters. The van der Waals surface area contributed by atoms with Crippen molar-refractivity contribution < 1.29 is 9.90 Å². The zero-order chi connectivity index (χ0) is 17.0. The fourth-order valence-corrected chi connectivity index (χ4v) is 4.08. The molecular weight excluding hydrogens is 310 g/mol. The molecule has 0 saturated heterocycles. The third-order valence-electron chi connectivity index (χ3n) is 4.46. The van der Waals surface area contributed by atoms with Crippen LogP contribution in [0.5, 0.6) is 0 Å². The molecule has 1 fully saturated rings. The first-order chi connectivity index (χ1) is 10.8. The Morgan fingerprint density at radius 1 is 1.43 bits per heavy atom. The number of nitrogens with zero attached hydrogens (tertiary/aromatic N) is 3. The van der Waals surface area contributed by atoms with E-state index in [2.05, 4.69) is 30.3 Å². The summed E-state index contributed by atoms with van der Waals surface area (Å²) in [5.41, 5.74) is -0.0417. The predicted octanol–water partition coefficient (Wildman–Crippen LogP) is 2.74. The second-order valence-corrected chi connectivity index (χ2v) is 8.37. The number of hydrogen-bond donors (Lipinski definition) is 1. The Kier molecular flexibility index (Phi) is 6.14. The quantitative estimate of drug-likeness (QED) is 0.838. The van der Waals surface area contributed by atoms with Gasteiger partial charge in [-0.15, -0.1) is 0 Å². The number of imidazole rings is 1. The van der Waals surface area contributed by atoms with Gasteiger partial charge in [0, 0.05) is 37.4 Å². The van der Waals surface area contributed by atoms with E-state index in [1.807, 2.05) is 13.2 Å². The summed E-state index contributed by atoms with van der Waals surface area (Å²) < 4.78 is 2.09. The smallest absolute Gasteiger partial charge is 0.232 e. The molecule has 1 saturated carbocycles. The molecule has 6 heteroatoms. The second-order valence-electron chi connectivity index (χ2n) is 7.43. The predicted molar refractivity (Wildman–Crippen MR) is 93.5 cm³/mol. The Labute approximate surface area is 143 Å². The molecule has 1 aliphatic rings. The van der Waals surface area contributed by atoms with Crippen molar-refractivity contribution in [2.45, 2.75) is 63.3 Å². The standard InChI is InChI=1S/C17H29N3O2S/c1-17(2,3)20-10-9-18-16(20)23-12-15(22)19(4)11-13-7-5-6-8-14(13)21/h9-10,13-14,21H,5-8,11-12H2,1-4H3. The molecule has 2 rings (SSSR count). The Morgan fingerprint density at radius 2 is 2.13 bits per heavy atom. The van der Waals surface area contributed by atoms with Gasteiger partial charge < -0.3 is 14.6 Å². The minimum Gasteiger partial charge on any atom is -0.393 e. The maximum absolute atomic E-state index is 12.4. The molecule has 1 aromatic rings. The lowest BCUT2D eigenvalue weighted by Gasteiger charge is -2.31. The third kappa shape index (κ3) is 4.98. The highest BCUT2D eigenvalue weighted by Crippen LogP contribution is 2.26. The van der Waals surface area contributed by atoms with Gasteiger partial charge in [-0.05, 0) is 33.6 Å². The highest BCUT2D eigenvalue weighted by molar-refractivity contribution is 7.99. The van der Waals surface area contributed by atoms with Crippen molar-refractivity contribution in [2.75, 3.05) is 19.3 Å². The van der Waals surface area contributed by atoms with E-state index in [-0.39, 0.29) is 23.5 Å². The van der Waals surface area contributed by atoms with Gasteiger partial charge in [0.25, 0.3) is 0 Å². The lowest BCUT2D eigenvalue weighted by molar-refractivity contribution is -0.128. The third-order valence-corrected chi connectivity index (χ3v) is 5.41. The Balaban J connectivity index is 1.86. The van der Waals surface area contributed by atoms with E-state index in [0.717, 1.165) is 30.8 Å². The number of carbonyl (C=O) groups excluding carboxylic acids is 1. The number of aliphatic hydroxyl groups is 1. The number of aromatic nitrogens is 2. The number of hydrogen-bond acceptors (Lipinski definition) is 4. The largest absolute Gasteiger partial charge is 0.393 e. The van der Waals surface area contributed by atoms with Crippen LogP contribution in [0, 0.1) is 5.92 Å². The molecule has 1 heterocycles. The van der Waals surface area contributed by atoms with E-state index in [9.17, 15) is 9.90 Å². The van der Waals surface area contributed by atoms with Crippen LogP contribution in [0.25, 0.3) is 0 Å². The molecule has 5 nitrogen and oxygen atoms in total. The fraction of sp³-hybridized carbons (Fsp3) is 0.765. The van der Waals surface area contributed by atoms with Gasteiger partial charge in [-0.2, -0.15) is 0 Å². The number of carbonyl (C=O) groups is 1. The van der Waals surface area contributed by atoms with Crippen molar-refractivity contribution >= 4 is 17.7 Å². The summed E-state index contributed by atoms with van der Waals surface area (Å²) in [5.74, 6) is 0.697. The average molecular weight is 340 g/mol. The molecule has 0 aromatic carbocycles. The summed E-state index contributed by atoms with van der Waals surface area (Å²) in [6, 6.07) is 0. The van der Waals surface area contributed by atoms with Crippen molar-refractivity contribution in [3.05, 3.63) is 12.4 Å². The molecule has 2 unspecified atom stereocenters. The van der Waals surface area contributed by atoms with Crippen molar-refractivity contribution in [2.24, 2.45) is 5.92 Å². The number of rotatable bonds is 5. The molecule has 0 aliphatic heterocycles. The van der Waals surface area contributed by atoms with Crippen LogP contribution < -0.4 is 0 Å². The average Bonchev–Trinajstić information content (AvgIpc) is 2.95. The molecule has 1 aromatic heterocycles. The van der Waals surface area contributed by atoms with E-state index in [4.69, 9.17) is 0 Å². The van der Waals surface area contributed by atoms with Gasteiger partial charge in [0.05, 0.1) is 11.9 Å². The Hall–Kier alpha value is -1.01. The summed E-state index contributed by atoms with van der Waals surface area (Å²) in [6.45, 7) is 7.01. The minimum atomic E-state index is -0.258. The van der Waals surface area contributed by atoms with Gasteiger partial charge in [0.2, 0.25) is 5.91 Å². The van der Waals surface area contributed by atoms with Crippen LogP contribution in [0.15, 0.2) is 17.6 Å². The molecule has 0 bridgehead atoms. The monoisotopic (exact) mass is 339 g/mol. The number of thioether (sulfide) groups is 1. The van der Waals surface area contributed by atoms with Crippen LogP contribution in [0.4, 0.5) is 0 Å². The van der Waals surface area contributed by atoms with Gasteiger partial charge in [0.1, 0.15) is 0 Å². The topological polar surface area (TPSA) is 58.4 Å². The Bertz CT molecular complexity index is 524. The van der Waals surface area contributed by atoms with Crippen molar-refractivity contribution in [1.29, 1.82) is 0 Å². The summed E-state index contributed by atoms with van der Waals surface area (Å²) in [6.07, 6.45) is 7.61. The van der Waals surface area contributed by atoms with Crippen LogP contribution in [0.3, 0.4) is 0 Å². The van der Waals surface area contributed by atoms with Gasteiger partial charge in [-0.3, -0.25) is 4.79 Å². The van der Waals surface area contributed by atoms with E-state index < -0.39 is 0 Å². The van der Waals surface area contributed by atoms with Crippen LogP contribution in [-0.2, 0) is 10.3 Å². The lowest BCUT2D eigenvalue weighted by Crippen LogP contribution is -2.38. The lowest BCUT2D eigenvalue weighted by atomic mass is 9.86. The first kappa shape index (κ1) is 18.3. The van der Waals surface area contributed by atoms with Gasteiger partial charge >= 0.3 is 0 Å². The van der Waals surface area contributed by atoms with Crippen LogP contribution >= 0.6 is 11.8 Å². The summed E-state index contributed by atoms with van der Waals surface area (Å²) in [5, 5.41) is 10.9. The van der Waals surface area contributed by atoms with Crippen LogP contribution in [0.1, 0.15) is 46.5 Å². The zero-order valence-corrected chi connectivity index (χ0v) is 15.5. The first-order valence-corrected chi connectivity index (χ1v) is 9.36. The molecule has 130 valence electrons. The molecule has 1 aliphatic carbocycles. The van der Waals surface area contributed by atoms with Crippen LogP contribution in [0.2, 0.25) is 0 Å². The first-order valence-electron chi connectivity index (χ1n) is 8.37. The van der Waals surface area contributed by atoms with Gasteiger partial charge in [-0.25, -0.2) is 4.98 Å². The van der Waals surface area contributed by atoms with E-state index in [1.165, 1.54) is 11.8 Å². The highest BCUT2D eigenvalue weighted by atomic mass is 32.2. The summed E-state index contributed by atoms with van der Waals surface area (Å²) in [4.78, 5) is 18.5. The summed E-state index contributed by atoms with van der Waals surface area (Å²) >= 11 is 1.48. The maximum Gasteiger partial charge on any atom is 0.232 e. The number of aliphatic hydroxyl groups excluding tert-OH is 1. The maximum atomic E-state index is 12.4. The number of amides is 1. The molecular formula is C17H29N3O2S. The van der Waals surface area contributed by atoms with Gasteiger partial charge in [0.15, 0.2) is 5.16 Å².